The number of ether oxygens (including phenoxy) is 1. The first-order valence-corrected chi connectivity index (χ1v) is 12.9. The number of nitrogens with zero attached hydrogens (tertiary/aromatic N) is 4. The normalized spacial score (nSPS) is 18.5. The molecule has 6 heteroatoms. The van der Waals surface area contributed by atoms with Gasteiger partial charge in [-0.15, -0.1) is 6.58 Å². The van der Waals surface area contributed by atoms with Crippen LogP contribution < -0.4 is 0 Å². The van der Waals surface area contributed by atoms with Gasteiger partial charge in [0.25, 0.3) is 0 Å². The highest BCUT2D eigenvalue weighted by Crippen LogP contribution is 2.27. The summed E-state index contributed by atoms with van der Waals surface area (Å²) in [4.78, 5) is 16.3. The molecule has 2 aromatic rings. The fourth-order valence-electron chi connectivity index (χ4n) is 4.56. The molecule has 2 unspecified atom stereocenters. The molecule has 2 heterocycles. The van der Waals surface area contributed by atoms with Crippen molar-refractivity contribution in [2.45, 2.75) is 58.1 Å². The van der Waals surface area contributed by atoms with E-state index in [4.69, 9.17) is 4.74 Å². The Hall–Kier alpha value is -2.67. The van der Waals surface area contributed by atoms with Gasteiger partial charge in [0, 0.05) is 44.3 Å². The molecule has 0 radical (unpaired) electrons. The lowest BCUT2D eigenvalue weighted by atomic mass is 9.94. The molecule has 0 saturated carbocycles. The van der Waals surface area contributed by atoms with Crippen molar-refractivity contribution in [1.29, 1.82) is 0 Å². The summed E-state index contributed by atoms with van der Waals surface area (Å²) >= 11 is 0. The third kappa shape index (κ3) is 8.47. The lowest BCUT2D eigenvalue weighted by molar-refractivity contribution is -0.130. The van der Waals surface area contributed by atoms with E-state index in [9.17, 15) is 4.79 Å². The van der Waals surface area contributed by atoms with E-state index in [-0.39, 0.29) is 0 Å². The number of likely N-dealkylation sites (N-methyl/N-ethyl adjacent to an activating group) is 1. The summed E-state index contributed by atoms with van der Waals surface area (Å²) in [5, 5.41) is 8.46. The van der Waals surface area contributed by atoms with Crippen LogP contribution in [0, 0.1) is 6.92 Å². The van der Waals surface area contributed by atoms with Crippen LogP contribution in [0.5, 0.6) is 0 Å². The first kappa shape index (κ1) is 29.6. The maximum absolute atomic E-state index is 11.6. The number of aryl methyl sites for hydroxylation is 1. The summed E-state index contributed by atoms with van der Waals surface area (Å²) in [6.07, 6.45) is 9.10. The van der Waals surface area contributed by atoms with E-state index in [1.807, 2.05) is 32.9 Å². The molecule has 6 nitrogen and oxygen atoms in total. The van der Waals surface area contributed by atoms with Gasteiger partial charge in [-0.2, -0.15) is 10.2 Å². The van der Waals surface area contributed by atoms with Crippen LogP contribution in [0.1, 0.15) is 50.8 Å². The second-order valence-corrected chi connectivity index (χ2v) is 9.69. The van der Waals surface area contributed by atoms with Gasteiger partial charge in [-0.25, -0.2) is 0 Å². The summed E-state index contributed by atoms with van der Waals surface area (Å²) in [6.45, 7) is 14.9. The minimum Gasteiger partial charge on any atom is -0.369 e. The first-order chi connectivity index (χ1) is 17.3. The highest BCUT2D eigenvalue weighted by atomic mass is 16.5. The second kappa shape index (κ2) is 14.8. The molecular weight excluding hydrogens is 448 g/mol. The number of carbonyl (C=O) groups is 1. The Labute approximate surface area is 218 Å². The summed E-state index contributed by atoms with van der Waals surface area (Å²) in [6, 6.07) is 13.1. The number of carbonyl (C=O) groups excluding carboxylic acids is 1. The molecule has 1 aromatic carbocycles. The van der Waals surface area contributed by atoms with E-state index >= 15 is 0 Å². The van der Waals surface area contributed by atoms with E-state index in [2.05, 4.69) is 77.0 Å². The van der Waals surface area contributed by atoms with Crippen molar-refractivity contribution in [2.24, 2.45) is 0 Å². The summed E-state index contributed by atoms with van der Waals surface area (Å²) in [5.74, 6) is 0.411. The van der Waals surface area contributed by atoms with E-state index < -0.39 is 5.60 Å². The molecule has 3 rings (SSSR count). The van der Waals surface area contributed by atoms with E-state index in [1.165, 1.54) is 5.56 Å². The second-order valence-electron chi connectivity index (χ2n) is 9.69. The lowest BCUT2D eigenvalue weighted by Gasteiger charge is -2.35. The zero-order valence-electron chi connectivity index (χ0n) is 23.0. The third-order valence-corrected chi connectivity index (χ3v) is 6.82. The summed E-state index contributed by atoms with van der Waals surface area (Å²) in [5.41, 5.74) is 3.55. The average Bonchev–Trinajstić information content (AvgIpc) is 3.15. The zero-order valence-corrected chi connectivity index (χ0v) is 23.0. The van der Waals surface area contributed by atoms with Gasteiger partial charge in [-0.05, 0) is 64.9 Å². The number of aromatic nitrogens is 2. The number of allylic oxidation sites excluding steroid dienone is 2. The number of benzene rings is 1. The predicted molar refractivity (Wildman–Crippen MR) is 149 cm³/mol. The molecule has 0 N–H and O–H groups in total. The van der Waals surface area contributed by atoms with Gasteiger partial charge in [0.2, 0.25) is 0 Å². The van der Waals surface area contributed by atoms with Crippen molar-refractivity contribution in [3.63, 3.8) is 0 Å². The smallest absolute Gasteiger partial charge is 0.153 e. The van der Waals surface area contributed by atoms with Crippen LogP contribution in [-0.4, -0.2) is 78.3 Å². The van der Waals surface area contributed by atoms with Gasteiger partial charge in [0.15, 0.2) is 6.29 Å². The molecule has 0 fully saturated rings. The Morgan fingerprint density at radius 1 is 1.25 bits per heavy atom. The van der Waals surface area contributed by atoms with Gasteiger partial charge in [0.05, 0.1) is 11.4 Å². The lowest BCUT2D eigenvalue weighted by Crippen LogP contribution is -2.48. The Balaban J connectivity index is 0.00000145. The fourth-order valence-corrected chi connectivity index (χ4v) is 4.56. The standard InChI is InChI=1S/C27H38N4O2.C3H6/c1-6-27(20-32,33-5)19-30(4)18-22(3)31-16-7-8-23(15-17-31)24-10-12-25(13-11-24)26-14-9-21(2)28-29-26;1-3-2/h7-14,20,22-23H,6,15-19H2,1-5H3;3H,1H2,2H3/t22?,23?,27-;/m0./s1. The van der Waals surface area contributed by atoms with Crippen LogP contribution in [0.15, 0.2) is 61.2 Å². The topological polar surface area (TPSA) is 58.6 Å². The highest BCUT2D eigenvalue weighted by molar-refractivity contribution is 5.63. The van der Waals surface area contributed by atoms with Crippen LogP contribution in [0.25, 0.3) is 11.3 Å². The molecule has 0 bridgehead atoms. The molecule has 0 aliphatic carbocycles. The van der Waals surface area contributed by atoms with Crippen LogP contribution in [0.4, 0.5) is 0 Å². The SMILES string of the molecule is C=CC.CC[C@@](C=O)(CN(C)CC(C)N1CC=CC(c2ccc(-c3ccc(C)nn3)cc2)CC1)OC. The van der Waals surface area contributed by atoms with Crippen LogP contribution in [0.2, 0.25) is 0 Å². The van der Waals surface area contributed by atoms with Crippen LogP contribution >= 0.6 is 0 Å². The van der Waals surface area contributed by atoms with Gasteiger partial charge in [-0.3, -0.25) is 4.90 Å². The number of hydrogen-bond acceptors (Lipinski definition) is 6. The highest BCUT2D eigenvalue weighted by Gasteiger charge is 2.30. The fraction of sp³-hybridized carbons (Fsp3) is 0.500. The van der Waals surface area contributed by atoms with Crippen molar-refractivity contribution in [3.8, 4) is 11.3 Å². The van der Waals surface area contributed by atoms with Crippen molar-refractivity contribution >= 4 is 6.29 Å². The Kier molecular flexibility index (Phi) is 12.1. The number of aldehydes is 1. The molecule has 0 spiro atoms. The predicted octanol–water partition coefficient (Wildman–Crippen LogP) is 5.30. The molecule has 196 valence electrons. The number of methoxy groups -OCH3 is 1. The Morgan fingerprint density at radius 2 is 1.94 bits per heavy atom. The van der Waals surface area contributed by atoms with E-state index in [1.54, 1.807) is 13.2 Å². The van der Waals surface area contributed by atoms with Crippen molar-refractivity contribution in [1.82, 2.24) is 20.0 Å². The monoisotopic (exact) mass is 492 g/mol. The van der Waals surface area contributed by atoms with Crippen LogP contribution in [-0.2, 0) is 9.53 Å². The van der Waals surface area contributed by atoms with E-state index in [0.29, 0.717) is 24.9 Å². The molecule has 1 aromatic heterocycles. The minimum absolute atomic E-state index is 0.388. The maximum atomic E-state index is 11.6. The molecule has 1 aliphatic heterocycles. The number of rotatable bonds is 10. The van der Waals surface area contributed by atoms with Gasteiger partial charge >= 0.3 is 0 Å². The van der Waals surface area contributed by atoms with Gasteiger partial charge in [-0.1, -0.05) is 49.4 Å². The van der Waals surface area contributed by atoms with Gasteiger partial charge in [0.1, 0.15) is 5.60 Å². The third-order valence-electron chi connectivity index (χ3n) is 6.82. The maximum Gasteiger partial charge on any atom is 0.153 e. The van der Waals surface area contributed by atoms with Crippen molar-refractivity contribution in [3.05, 3.63) is 72.5 Å². The van der Waals surface area contributed by atoms with Gasteiger partial charge < -0.3 is 14.4 Å². The zero-order chi connectivity index (χ0) is 26.6. The summed E-state index contributed by atoms with van der Waals surface area (Å²) in [7, 11) is 3.69. The first-order valence-electron chi connectivity index (χ1n) is 12.9. The van der Waals surface area contributed by atoms with Crippen molar-refractivity contribution < 1.29 is 9.53 Å². The molecule has 0 amide bonds. The molecule has 36 heavy (non-hydrogen) atoms. The molecule has 1 aliphatic rings. The molecule has 0 saturated heterocycles. The largest absolute Gasteiger partial charge is 0.369 e. The molecular formula is C30H44N4O2. The number of hydrogen-bond donors (Lipinski definition) is 0. The summed E-state index contributed by atoms with van der Waals surface area (Å²) < 4.78 is 5.52. The minimum atomic E-state index is -0.714. The Bertz CT molecular complexity index is 952. The Morgan fingerprint density at radius 3 is 2.50 bits per heavy atom. The van der Waals surface area contributed by atoms with Crippen LogP contribution in [0.3, 0.4) is 0 Å². The van der Waals surface area contributed by atoms with Crippen molar-refractivity contribution in [2.75, 3.05) is 40.3 Å². The molecule has 3 atom stereocenters. The quantitative estimate of drug-likeness (QED) is 0.331. The van der Waals surface area contributed by atoms with E-state index in [0.717, 1.165) is 49.3 Å². The average molecular weight is 493 g/mol.